The van der Waals surface area contributed by atoms with Crippen LogP contribution in [0, 0.1) is 0 Å². The first kappa shape index (κ1) is 18.3. The number of thioether (sulfide) groups is 1. The quantitative estimate of drug-likeness (QED) is 0.542. The monoisotopic (exact) mass is 365 g/mol. The van der Waals surface area contributed by atoms with Crippen molar-refractivity contribution in [1.82, 2.24) is 0 Å². The van der Waals surface area contributed by atoms with Crippen molar-refractivity contribution in [3.05, 3.63) is 66.7 Å². The van der Waals surface area contributed by atoms with Gasteiger partial charge < -0.3 is 10.1 Å². The lowest BCUT2D eigenvalue weighted by atomic mass is 10.1. The second-order valence-corrected chi connectivity index (χ2v) is 7.25. The number of fused-ring (bicyclic) bond motifs is 1. The maximum Gasteiger partial charge on any atom is 0.265 e. The Balaban J connectivity index is 1.74. The van der Waals surface area contributed by atoms with Gasteiger partial charge in [0.1, 0.15) is 5.75 Å². The van der Waals surface area contributed by atoms with Crippen molar-refractivity contribution in [3.8, 4) is 5.75 Å². The minimum absolute atomic E-state index is 0.121. The molecule has 1 amide bonds. The van der Waals surface area contributed by atoms with Gasteiger partial charge in [0.2, 0.25) is 0 Å². The Morgan fingerprint density at radius 3 is 2.50 bits per heavy atom. The van der Waals surface area contributed by atoms with Crippen molar-refractivity contribution >= 4 is 34.1 Å². The predicted molar refractivity (Wildman–Crippen MR) is 110 cm³/mol. The summed E-state index contributed by atoms with van der Waals surface area (Å²) >= 11 is 1.71. The zero-order valence-corrected chi connectivity index (χ0v) is 15.9. The zero-order chi connectivity index (χ0) is 18.4. The van der Waals surface area contributed by atoms with E-state index in [2.05, 4.69) is 18.3 Å². The smallest absolute Gasteiger partial charge is 0.265 e. The summed E-state index contributed by atoms with van der Waals surface area (Å²) in [5.74, 6) is 1.55. The van der Waals surface area contributed by atoms with Crippen LogP contribution in [-0.4, -0.2) is 17.8 Å². The average molecular weight is 365 g/mol. The lowest BCUT2D eigenvalue weighted by Crippen LogP contribution is -2.32. The van der Waals surface area contributed by atoms with Crippen LogP contribution in [0.5, 0.6) is 5.75 Å². The van der Waals surface area contributed by atoms with Gasteiger partial charge in [0.25, 0.3) is 5.91 Å². The fourth-order valence-electron chi connectivity index (χ4n) is 2.79. The van der Waals surface area contributed by atoms with E-state index in [4.69, 9.17) is 4.74 Å². The third kappa shape index (κ3) is 4.38. The number of rotatable bonds is 7. The Morgan fingerprint density at radius 2 is 1.73 bits per heavy atom. The lowest BCUT2D eigenvalue weighted by Gasteiger charge is -2.18. The summed E-state index contributed by atoms with van der Waals surface area (Å²) in [4.78, 5) is 13.8. The van der Waals surface area contributed by atoms with Crippen molar-refractivity contribution in [2.45, 2.75) is 31.3 Å². The highest BCUT2D eigenvalue weighted by Gasteiger charge is 2.19. The van der Waals surface area contributed by atoms with Crippen molar-refractivity contribution < 1.29 is 9.53 Å². The highest BCUT2D eigenvalue weighted by Crippen LogP contribution is 2.27. The number of anilines is 1. The summed E-state index contributed by atoms with van der Waals surface area (Å²) in [7, 11) is 0. The first-order valence-electron chi connectivity index (χ1n) is 8.89. The number of ether oxygens (including phenoxy) is 1. The minimum Gasteiger partial charge on any atom is -0.481 e. The summed E-state index contributed by atoms with van der Waals surface area (Å²) in [6.07, 6.45) is 0.0673. The predicted octanol–water partition coefficient (Wildman–Crippen LogP) is 5.75. The van der Waals surface area contributed by atoms with Crippen molar-refractivity contribution in [1.29, 1.82) is 0 Å². The van der Waals surface area contributed by atoms with E-state index in [0.717, 1.165) is 27.1 Å². The number of nitrogens with one attached hydrogen (secondary N) is 1. The molecule has 1 atom stereocenters. The molecule has 0 aromatic heterocycles. The Bertz CT molecular complexity index is 894. The van der Waals surface area contributed by atoms with Gasteiger partial charge in [-0.15, -0.1) is 11.8 Å². The fourth-order valence-corrected chi connectivity index (χ4v) is 3.55. The third-order valence-corrected chi connectivity index (χ3v) is 5.06. The molecular formula is C22H23NO2S. The van der Waals surface area contributed by atoms with E-state index in [9.17, 15) is 4.79 Å². The van der Waals surface area contributed by atoms with E-state index < -0.39 is 6.10 Å². The zero-order valence-electron chi connectivity index (χ0n) is 15.1. The number of hydrogen-bond acceptors (Lipinski definition) is 3. The molecule has 26 heavy (non-hydrogen) atoms. The molecule has 3 aromatic rings. The van der Waals surface area contributed by atoms with Gasteiger partial charge in [0, 0.05) is 4.90 Å². The van der Waals surface area contributed by atoms with Gasteiger partial charge in [-0.2, -0.15) is 0 Å². The molecule has 3 nitrogen and oxygen atoms in total. The molecule has 3 rings (SSSR count). The summed E-state index contributed by atoms with van der Waals surface area (Å²) < 4.78 is 5.99. The van der Waals surface area contributed by atoms with Gasteiger partial charge in [0.15, 0.2) is 6.10 Å². The first-order valence-corrected chi connectivity index (χ1v) is 9.88. The molecule has 1 unspecified atom stereocenters. The number of benzene rings is 3. The normalized spacial score (nSPS) is 11.9. The molecular weight excluding hydrogens is 342 g/mol. The topological polar surface area (TPSA) is 38.3 Å². The summed E-state index contributed by atoms with van der Waals surface area (Å²) in [6.45, 7) is 4.05. The molecule has 3 aromatic carbocycles. The molecule has 0 saturated carbocycles. The van der Waals surface area contributed by atoms with Gasteiger partial charge >= 0.3 is 0 Å². The average Bonchev–Trinajstić information content (AvgIpc) is 2.67. The lowest BCUT2D eigenvalue weighted by molar-refractivity contribution is -0.122. The maximum absolute atomic E-state index is 12.7. The molecule has 0 aliphatic heterocycles. The van der Waals surface area contributed by atoms with Gasteiger partial charge in [-0.3, -0.25) is 4.79 Å². The van der Waals surface area contributed by atoms with Gasteiger partial charge in [-0.05, 0) is 47.2 Å². The Kier molecular flexibility index (Phi) is 6.18. The molecule has 0 spiro atoms. The first-order chi connectivity index (χ1) is 12.7. The summed E-state index contributed by atoms with van der Waals surface area (Å²) in [5, 5.41) is 5.28. The summed E-state index contributed by atoms with van der Waals surface area (Å²) in [6, 6.07) is 21.9. The summed E-state index contributed by atoms with van der Waals surface area (Å²) in [5.41, 5.74) is 0.838. The second kappa shape index (κ2) is 8.77. The van der Waals surface area contributed by atoms with E-state index >= 15 is 0 Å². The number of hydrogen-bond donors (Lipinski definition) is 1. The third-order valence-electron chi connectivity index (χ3n) is 4.11. The maximum atomic E-state index is 12.7. The number of carbonyl (C=O) groups excluding carboxylic acids is 1. The van der Waals surface area contributed by atoms with Crippen molar-refractivity contribution in [3.63, 3.8) is 0 Å². The standard InChI is InChI=1S/C22H23NO2S/c1-3-20(22(24)23-19-11-7-8-12-21(19)26-4-2)25-18-14-13-16-9-5-6-10-17(16)15-18/h5-15,20H,3-4H2,1-2H3,(H,23,24). The van der Waals surface area contributed by atoms with Crippen LogP contribution in [-0.2, 0) is 4.79 Å². The van der Waals surface area contributed by atoms with Gasteiger partial charge in [-0.1, -0.05) is 56.3 Å². The number of amides is 1. The molecule has 0 radical (unpaired) electrons. The molecule has 0 aliphatic rings. The van der Waals surface area contributed by atoms with Crippen LogP contribution < -0.4 is 10.1 Å². The van der Waals surface area contributed by atoms with E-state index in [0.29, 0.717) is 12.2 Å². The SMILES string of the molecule is CCSc1ccccc1NC(=O)C(CC)Oc1ccc2ccccc2c1. The Labute approximate surface area is 158 Å². The largest absolute Gasteiger partial charge is 0.481 e. The molecule has 0 saturated heterocycles. The van der Waals surface area contributed by atoms with Crippen molar-refractivity contribution in [2.24, 2.45) is 0 Å². The highest BCUT2D eigenvalue weighted by atomic mass is 32.2. The van der Waals surface area contributed by atoms with Crippen LogP contribution in [0.3, 0.4) is 0 Å². The molecule has 4 heteroatoms. The molecule has 0 fully saturated rings. The van der Waals surface area contributed by atoms with Gasteiger partial charge in [0.05, 0.1) is 5.69 Å². The number of carbonyl (C=O) groups is 1. The molecule has 134 valence electrons. The van der Waals surface area contributed by atoms with Gasteiger partial charge in [-0.25, -0.2) is 0 Å². The van der Waals surface area contributed by atoms with E-state index in [1.54, 1.807) is 11.8 Å². The van der Waals surface area contributed by atoms with Crippen LogP contribution in [0.2, 0.25) is 0 Å². The van der Waals surface area contributed by atoms with E-state index in [-0.39, 0.29) is 5.91 Å². The van der Waals surface area contributed by atoms with E-state index in [1.807, 2.05) is 67.6 Å². The Morgan fingerprint density at radius 1 is 1.00 bits per heavy atom. The number of para-hydroxylation sites is 1. The Hall–Kier alpha value is -2.46. The van der Waals surface area contributed by atoms with Crippen molar-refractivity contribution in [2.75, 3.05) is 11.1 Å². The molecule has 0 heterocycles. The molecule has 0 bridgehead atoms. The van der Waals surface area contributed by atoms with Crippen LogP contribution >= 0.6 is 11.8 Å². The fraction of sp³-hybridized carbons (Fsp3) is 0.227. The van der Waals surface area contributed by atoms with Crippen LogP contribution in [0.1, 0.15) is 20.3 Å². The highest BCUT2D eigenvalue weighted by molar-refractivity contribution is 7.99. The van der Waals surface area contributed by atoms with Crippen LogP contribution in [0.15, 0.2) is 71.6 Å². The van der Waals surface area contributed by atoms with Crippen LogP contribution in [0.25, 0.3) is 10.8 Å². The van der Waals surface area contributed by atoms with Crippen LogP contribution in [0.4, 0.5) is 5.69 Å². The molecule has 1 N–H and O–H groups in total. The minimum atomic E-state index is -0.532. The van der Waals surface area contributed by atoms with E-state index in [1.165, 1.54) is 0 Å². The second-order valence-electron chi connectivity index (χ2n) is 5.94. The molecule has 0 aliphatic carbocycles.